The predicted octanol–water partition coefficient (Wildman–Crippen LogP) is 2.74. The number of halogens is 2. The van der Waals surface area contributed by atoms with Crippen LogP contribution < -0.4 is 0 Å². The van der Waals surface area contributed by atoms with Crippen LogP contribution in [0.4, 0.5) is 8.78 Å². The van der Waals surface area contributed by atoms with Crippen LogP contribution in [0.25, 0.3) is 0 Å². The highest BCUT2D eigenvalue weighted by Crippen LogP contribution is 2.36. The van der Waals surface area contributed by atoms with Gasteiger partial charge in [-0.25, -0.2) is 8.78 Å². The molecular weight excluding hydrogens is 194 g/mol. The number of hydrogen-bond donors (Lipinski definition) is 0. The highest BCUT2D eigenvalue weighted by molar-refractivity contribution is 7.99. The second-order valence-corrected chi connectivity index (χ2v) is 4.40. The maximum atomic E-state index is 12.7. The first-order valence-electron chi connectivity index (χ1n) is 4.44. The van der Waals surface area contributed by atoms with Gasteiger partial charge in [-0.15, -0.1) is 0 Å². The van der Waals surface area contributed by atoms with Crippen molar-refractivity contribution in [3.05, 3.63) is 0 Å². The van der Waals surface area contributed by atoms with Gasteiger partial charge >= 0.3 is 0 Å². The van der Waals surface area contributed by atoms with Crippen LogP contribution in [-0.2, 0) is 4.79 Å². The molecule has 1 saturated carbocycles. The molecule has 1 fully saturated rings. The largest absolute Gasteiger partial charge is 0.298 e. The normalized spacial score (nSPS) is 23.0. The molecule has 1 rings (SSSR count). The topological polar surface area (TPSA) is 17.1 Å². The van der Waals surface area contributed by atoms with Crippen LogP contribution in [0.2, 0.25) is 0 Å². The Hall–Kier alpha value is -0.120. The summed E-state index contributed by atoms with van der Waals surface area (Å²) in [5.74, 6) is -2.01. The van der Waals surface area contributed by atoms with E-state index in [-0.39, 0.29) is 24.5 Å². The smallest absolute Gasteiger partial charge is 0.248 e. The summed E-state index contributed by atoms with van der Waals surface area (Å²) in [5, 5.41) is 0. The molecule has 0 unspecified atom stereocenters. The van der Waals surface area contributed by atoms with Crippen LogP contribution in [0, 0.1) is 5.92 Å². The molecule has 0 N–H and O–H groups in total. The van der Waals surface area contributed by atoms with E-state index in [4.69, 9.17) is 0 Å². The van der Waals surface area contributed by atoms with Crippen LogP contribution in [-0.4, -0.2) is 23.7 Å². The zero-order valence-electron chi connectivity index (χ0n) is 7.69. The van der Waals surface area contributed by atoms with Crippen molar-refractivity contribution >= 4 is 17.5 Å². The third kappa shape index (κ3) is 3.25. The van der Waals surface area contributed by atoms with Gasteiger partial charge < -0.3 is 0 Å². The zero-order valence-corrected chi connectivity index (χ0v) is 8.50. The average molecular weight is 208 g/mol. The zero-order chi connectivity index (χ0) is 9.90. The van der Waals surface area contributed by atoms with E-state index >= 15 is 0 Å². The fourth-order valence-corrected chi connectivity index (χ4v) is 2.14. The van der Waals surface area contributed by atoms with E-state index in [9.17, 15) is 13.6 Å². The van der Waals surface area contributed by atoms with Crippen molar-refractivity contribution < 1.29 is 13.6 Å². The number of hydrogen-bond acceptors (Lipinski definition) is 2. The molecule has 1 aliphatic carbocycles. The number of ketones is 1. The van der Waals surface area contributed by atoms with E-state index in [0.717, 1.165) is 0 Å². The van der Waals surface area contributed by atoms with E-state index < -0.39 is 5.92 Å². The quantitative estimate of drug-likeness (QED) is 0.709. The van der Waals surface area contributed by atoms with Crippen molar-refractivity contribution in [3.8, 4) is 0 Å². The minimum atomic E-state index is -2.52. The molecule has 0 aliphatic heterocycles. The number of carbonyl (C=O) groups excluding carboxylic acids is 1. The molecular formula is C9H14F2OS. The van der Waals surface area contributed by atoms with E-state index in [1.807, 2.05) is 6.26 Å². The van der Waals surface area contributed by atoms with Crippen molar-refractivity contribution in [2.75, 3.05) is 12.0 Å². The second kappa shape index (κ2) is 4.40. The van der Waals surface area contributed by atoms with Crippen molar-refractivity contribution in [1.29, 1.82) is 0 Å². The summed E-state index contributed by atoms with van der Waals surface area (Å²) in [7, 11) is 0. The number of thioether (sulfide) groups is 1. The average Bonchev–Trinajstić information content (AvgIpc) is 2.04. The maximum Gasteiger partial charge on any atom is 0.248 e. The lowest BCUT2D eigenvalue weighted by atomic mass is 9.84. The van der Waals surface area contributed by atoms with Gasteiger partial charge in [0.25, 0.3) is 0 Å². The summed E-state index contributed by atoms with van der Waals surface area (Å²) in [6.07, 6.45) is 2.36. The molecule has 0 bridgehead atoms. The summed E-state index contributed by atoms with van der Waals surface area (Å²) >= 11 is 1.47. The Balaban J connectivity index is 2.36. The van der Waals surface area contributed by atoms with Crippen molar-refractivity contribution in [2.24, 2.45) is 5.92 Å². The summed E-state index contributed by atoms with van der Waals surface area (Å²) in [4.78, 5) is 11.3. The van der Waals surface area contributed by atoms with Crippen LogP contribution >= 0.6 is 11.8 Å². The molecule has 0 spiro atoms. The van der Waals surface area contributed by atoms with Crippen molar-refractivity contribution in [3.63, 3.8) is 0 Å². The van der Waals surface area contributed by atoms with Gasteiger partial charge in [-0.1, -0.05) is 0 Å². The van der Waals surface area contributed by atoms with Gasteiger partial charge in [-0.05, 0) is 19.1 Å². The Bertz CT molecular complexity index is 184. The molecule has 0 aromatic carbocycles. The molecule has 0 aromatic rings. The van der Waals surface area contributed by atoms with Crippen LogP contribution in [0.1, 0.15) is 25.7 Å². The van der Waals surface area contributed by atoms with Crippen molar-refractivity contribution in [2.45, 2.75) is 31.6 Å². The molecule has 1 aliphatic rings. The maximum absolute atomic E-state index is 12.7. The number of rotatable bonds is 3. The fourth-order valence-electron chi connectivity index (χ4n) is 1.62. The molecule has 0 atom stereocenters. The molecule has 0 aromatic heterocycles. The van der Waals surface area contributed by atoms with E-state index in [0.29, 0.717) is 18.6 Å². The van der Waals surface area contributed by atoms with Gasteiger partial charge in [0.05, 0.1) is 5.75 Å². The minimum Gasteiger partial charge on any atom is -0.298 e. The van der Waals surface area contributed by atoms with Crippen molar-refractivity contribution in [1.82, 2.24) is 0 Å². The lowest BCUT2D eigenvalue weighted by molar-refractivity contribution is -0.124. The number of alkyl halides is 2. The Morgan fingerprint density at radius 1 is 1.46 bits per heavy atom. The van der Waals surface area contributed by atoms with Gasteiger partial charge in [0, 0.05) is 18.8 Å². The third-order valence-electron chi connectivity index (χ3n) is 2.46. The monoisotopic (exact) mass is 208 g/mol. The lowest BCUT2D eigenvalue weighted by Gasteiger charge is -2.27. The SMILES string of the molecule is CSCC(=O)C1CCC(F)(F)CC1. The molecule has 0 amide bonds. The van der Waals surface area contributed by atoms with E-state index in [1.54, 1.807) is 0 Å². The van der Waals surface area contributed by atoms with Gasteiger partial charge in [0.15, 0.2) is 0 Å². The fraction of sp³-hybridized carbons (Fsp3) is 0.889. The highest BCUT2D eigenvalue weighted by atomic mass is 32.2. The first-order chi connectivity index (χ1) is 6.05. The summed E-state index contributed by atoms with van der Waals surface area (Å²) in [6.45, 7) is 0. The summed E-state index contributed by atoms with van der Waals surface area (Å²) < 4.78 is 25.4. The van der Waals surface area contributed by atoms with Crippen LogP contribution in [0.5, 0.6) is 0 Å². The summed E-state index contributed by atoms with van der Waals surface area (Å²) in [5.41, 5.74) is 0. The lowest BCUT2D eigenvalue weighted by Crippen LogP contribution is -2.29. The molecule has 76 valence electrons. The molecule has 0 heterocycles. The standard InChI is InChI=1S/C9H14F2OS/c1-13-6-8(12)7-2-4-9(10,11)5-3-7/h7H,2-6H2,1H3. The molecule has 1 nitrogen and oxygen atoms in total. The Labute approximate surface area is 81.3 Å². The first kappa shape index (κ1) is 11.0. The molecule has 0 radical (unpaired) electrons. The number of Topliss-reactive ketones (excluding diaryl/α,β-unsaturated/α-hetero) is 1. The van der Waals surface area contributed by atoms with Gasteiger partial charge in [-0.2, -0.15) is 11.8 Å². The summed E-state index contributed by atoms with van der Waals surface area (Å²) in [6, 6.07) is 0. The Morgan fingerprint density at radius 3 is 2.46 bits per heavy atom. The minimum absolute atomic E-state index is 0.105. The molecule has 0 saturated heterocycles. The Kier molecular flexibility index (Phi) is 3.71. The van der Waals surface area contributed by atoms with Crippen LogP contribution in [0.3, 0.4) is 0 Å². The molecule has 4 heteroatoms. The van der Waals surface area contributed by atoms with E-state index in [1.165, 1.54) is 11.8 Å². The van der Waals surface area contributed by atoms with E-state index in [2.05, 4.69) is 0 Å². The first-order valence-corrected chi connectivity index (χ1v) is 5.84. The Morgan fingerprint density at radius 2 is 2.00 bits per heavy atom. The van der Waals surface area contributed by atoms with Gasteiger partial charge in [0.1, 0.15) is 5.78 Å². The van der Waals surface area contributed by atoms with Gasteiger partial charge in [0.2, 0.25) is 5.92 Å². The predicted molar refractivity (Wildman–Crippen MR) is 50.3 cm³/mol. The molecule has 13 heavy (non-hydrogen) atoms. The highest BCUT2D eigenvalue weighted by Gasteiger charge is 2.36. The third-order valence-corrected chi connectivity index (χ3v) is 3.03. The van der Waals surface area contributed by atoms with Gasteiger partial charge in [-0.3, -0.25) is 4.79 Å². The second-order valence-electron chi connectivity index (χ2n) is 3.53. The number of carbonyl (C=O) groups is 1. The van der Waals surface area contributed by atoms with Crippen LogP contribution in [0.15, 0.2) is 0 Å².